The Morgan fingerprint density at radius 2 is 2.19 bits per heavy atom. The van der Waals surface area contributed by atoms with Crippen molar-refractivity contribution in [2.45, 2.75) is 18.9 Å². The first-order valence-electron chi connectivity index (χ1n) is 5.82. The third-order valence-electron chi connectivity index (χ3n) is 3.05. The molecule has 0 aromatic heterocycles. The van der Waals surface area contributed by atoms with Gasteiger partial charge in [0.15, 0.2) is 0 Å². The Balaban J connectivity index is 2.04. The Morgan fingerprint density at radius 1 is 1.44 bits per heavy atom. The normalized spacial score (nSPS) is 17.1. The fourth-order valence-corrected chi connectivity index (χ4v) is 1.86. The average Bonchev–Trinajstić information content (AvgIpc) is 3.14. The van der Waals surface area contributed by atoms with Crippen molar-refractivity contribution in [3.05, 3.63) is 29.8 Å². The zero-order valence-corrected chi connectivity index (χ0v) is 9.65. The lowest BCUT2D eigenvalue weighted by Crippen LogP contribution is -2.26. The molecule has 2 N–H and O–H groups in total. The molecule has 0 aliphatic heterocycles. The zero-order valence-electron chi connectivity index (χ0n) is 9.65. The number of methoxy groups -OCH3 is 1. The highest BCUT2D eigenvalue weighted by Crippen LogP contribution is 2.30. The molecule has 1 atom stereocenters. The summed E-state index contributed by atoms with van der Waals surface area (Å²) >= 11 is 0. The molecule has 1 unspecified atom stereocenters. The van der Waals surface area contributed by atoms with E-state index in [9.17, 15) is 5.11 Å². The summed E-state index contributed by atoms with van der Waals surface area (Å²) in [5.41, 5.74) is 1.04. The molecule has 0 saturated heterocycles. The molecule has 1 saturated carbocycles. The molecule has 0 spiro atoms. The first-order valence-corrected chi connectivity index (χ1v) is 5.82. The highest BCUT2D eigenvalue weighted by molar-refractivity contribution is 5.35. The van der Waals surface area contributed by atoms with Gasteiger partial charge in [0.25, 0.3) is 0 Å². The monoisotopic (exact) mass is 221 g/mol. The lowest BCUT2D eigenvalue weighted by atomic mass is 10.1. The number of aliphatic hydroxyl groups excluding tert-OH is 1. The molecule has 2 rings (SSSR count). The molecule has 0 radical (unpaired) electrons. The van der Waals surface area contributed by atoms with E-state index in [1.807, 2.05) is 24.3 Å². The largest absolute Gasteiger partial charge is 0.496 e. The first kappa shape index (κ1) is 11.4. The second-order valence-corrected chi connectivity index (χ2v) is 4.33. The minimum absolute atomic E-state index is 0.0169. The Kier molecular flexibility index (Phi) is 3.80. The first-order chi connectivity index (χ1) is 7.85. The predicted octanol–water partition coefficient (Wildman–Crippen LogP) is 1.73. The smallest absolute Gasteiger partial charge is 0.123 e. The number of aliphatic hydroxyl groups is 1. The van der Waals surface area contributed by atoms with Crippen molar-refractivity contribution in [2.75, 3.05) is 20.3 Å². The average molecular weight is 221 g/mol. The Bertz CT molecular complexity index is 336. The Hall–Kier alpha value is -1.06. The fraction of sp³-hybridized carbons (Fsp3) is 0.538. The van der Waals surface area contributed by atoms with Crippen LogP contribution in [0.2, 0.25) is 0 Å². The van der Waals surface area contributed by atoms with Crippen LogP contribution in [0.15, 0.2) is 24.3 Å². The Labute approximate surface area is 96.4 Å². The lowest BCUT2D eigenvalue weighted by molar-refractivity contribution is 0.240. The topological polar surface area (TPSA) is 41.5 Å². The summed E-state index contributed by atoms with van der Waals surface area (Å²) in [6.45, 7) is 1.09. The van der Waals surface area contributed by atoms with Crippen LogP contribution >= 0.6 is 0 Å². The quantitative estimate of drug-likeness (QED) is 0.768. The van der Waals surface area contributed by atoms with Gasteiger partial charge in [-0.25, -0.2) is 0 Å². The zero-order chi connectivity index (χ0) is 11.4. The minimum Gasteiger partial charge on any atom is -0.496 e. The van der Waals surface area contributed by atoms with E-state index in [1.54, 1.807) is 7.11 Å². The second kappa shape index (κ2) is 5.32. The molecule has 0 amide bonds. The van der Waals surface area contributed by atoms with Gasteiger partial charge < -0.3 is 15.2 Å². The predicted molar refractivity (Wildman–Crippen MR) is 63.5 cm³/mol. The van der Waals surface area contributed by atoms with E-state index in [2.05, 4.69) is 5.32 Å². The van der Waals surface area contributed by atoms with Crippen molar-refractivity contribution >= 4 is 0 Å². The molecule has 16 heavy (non-hydrogen) atoms. The molecule has 1 aliphatic rings. The number of rotatable bonds is 6. The molecule has 3 heteroatoms. The molecule has 0 bridgehead atoms. The van der Waals surface area contributed by atoms with Gasteiger partial charge in [0.05, 0.1) is 19.8 Å². The third-order valence-corrected chi connectivity index (χ3v) is 3.05. The fourth-order valence-electron chi connectivity index (χ4n) is 1.86. The van der Waals surface area contributed by atoms with Crippen LogP contribution in [0.4, 0.5) is 0 Å². The third kappa shape index (κ3) is 2.74. The lowest BCUT2D eigenvalue weighted by Gasteiger charge is -2.19. The summed E-state index contributed by atoms with van der Waals surface area (Å²) in [7, 11) is 1.66. The van der Waals surface area contributed by atoms with Gasteiger partial charge in [-0.05, 0) is 31.4 Å². The summed E-state index contributed by atoms with van der Waals surface area (Å²) in [5.74, 6) is 1.65. The summed E-state index contributed by atoms with van der Waals surface area (Å²) < 4.78 is 5.30. The van der Waals surface area contributed by atoms with E-state index in [0.717, 1.165) is 23.8 Å². The maximum atomic E-state index is 9.41. The molecule has 1 fully saturated rings. The van der Waals surface area contributed by atoms with Crippen molar-refractivity contribution in [1.82, 2.24) is 5.32 Å². The van der Waals surface area contributed by atoms with Crippen molar-refractivity contribution < 1.29 is 9.84 Å². The molecule has 1 aromatic carbocycles. The van der Waals surface area contributed by atoms with Crippen LogP contribution in [0.1, 0.15) is 24.4 Å². The van der Waals surface area contributed by atoms with Gasteiger partial charge in [-0.3, -0.25) is 0 Å². The number of benzene rings is 1. The molecule has 1 aromatic rings. The van der Waals surface area contributed by atoms with Gasteiger partial charge in [-0.1, -0.05) is 18.2 Å². The van der Waals surface area contributed by atoms with Crippen LogP contribution in [0.5, 0.6) is 5.75 Å². The van der Waals surface area contributed by atoms with Crippen molar-refractivity contribution in [1.29, 1.82) is 0 Å². The maximum Gasteiger partial charge on any atom is 0.123 e. The van der Waals surface area contributed by atoms with Crippen molar-refractivity contribution in [3.63, 3.8) is 0 Å². The SMILES string of the molecule is COc1ccccc1C(CO)NCC1CC1. The van der Waals surface area contributed by atoms with E-state index < -0.39 is 0 Å². The Morgan fingerprint density at radius 3 is 2.81 bits per heavy atom. The number of hydrogen-bond donors (Lipinski definition) is 2. The van der Waals surface area contributed by atoms with Crippen LogP contribution in [0, 0.1) is 5.92 Å². The van der Waals surface area contributed by atoms with Crippen LogP contribution in [0.25, 0.3) is 0 Å². The van der Waals surface area contributed by atoms with Gasteiger partial charge in [-0.15, -0.1) is 0 Å². The van der Waals surface area contributed by atoms with Crippen LogP contribution < -0.4 is 10.1 Å². The van der Waals surface area contributed by atoms with Gasteiger partial charge in [-0.2, -0.15) is 0 Å². The van der Waals surface area contributed by atoms with E-state index >= 15 is 0 Å². The highest BCUT2D eigenvalue weighted by atomic mass is 16.5. The van der Waals surface area contributed by atoms with Gasteiger partial charge in [0.1, 0.15) is 5.75 Å². The van der Waals surface area contributed by atoms with Gasteiger partial charge in [0.2, 0.25) is 0 Å². The second-order valence-electron chi connectivity index (χ2n) is 4.33. The summed E-state index contributed by atoms with van der Waals surface area (Å²) in [6.07, 6.45) is 2.63. The molecule has 1 aliphatic carbocycles. The molecule has 3 nitrogen and oxygen atoms in total. The minimum atomic E-state index is -0.0169. The molecule has 0 heterocycles. The van der Waals surface area contributed by atoms with Crippen molar-refractivity contribution in [3.8, 4) is 5.75 Å². The standard InChI is InChI=1S/C13H19NO2/c1-16-13-5-3-2-4-11(13)12(9-15)14-8-10-6-7-10/h2-5,10,12,14-15H,6-9H2,1H3. The van der Waals surface area contributed by atoms with E-state index in [1.165, 1.54) is 12.8 Å². The van der Waals surface area contributed by atoms with E-state index in [0.29, 0.717) is 0 Å². The maximum absolute atomic E-state index is 9.41. The van der Waals surface area contributed by atoms with E-state index in [-0.39, 0.29) is 12.6 Å². The van der Waals surface area contributed by atoms with Gasteiger partial charge >= 0.3 is 0 Å². The number of nitrogens with one attached hydrogen (secondary N) is 1. The number of hydrogen-bond acceptors (Lipinski definition) is 3. The number of para-hydroxylation sites is 1. The molecule has 88 valence electrons. The summed E-state index contributed by atoms with van der Waals surface area (Å²) in [6, 6.07) is 7.82. The summed E-state index contributed by atoms with van der Waals surface area (Å²) in [5, 5.41) is 12.8. The van der Waals surface area contributed by atoms with Crippen LogP contribution in [-0.4, -0.2) is 25.4 Å². The van der Waals surface area contributed by atoms with E-state index in [4.69, 9.17) is 4.74 Å². The number of ether oxygens (including phenoxy) is 1. The highest BCUT2D eigenvalue weighted by Gasteiger charge is 2.23. The van der Waals surface area contributed by atoms with Gasteiger partial charge in [0, 0.05) is 5.56 Å². The van der Waals surface area contributed by atoms with Crippen LogP contribution in [0.3, 0.4) is 0 Å². The molecular weight excluding hydrogens is 202 g/mol. The molecular formula is C13H19NO2. The van der Waals surface area contributed by atoms with Crippen molar-refractivity contribution in [2.24, 2.45) is 5.92 Å². The summed E-state index contributed by atoms with van der Waals surface area (Å²) in [4.78, 5) is 0. The van der Waals surface area contributed by atoms with Crippen LogP contribution in [-0.2, 0) is 0 Å².